The molecular weight excluding hydrogens is 186 g/mol. The molecule has 2 rings (SSSR count). The Bertz CT molecular complexity index is 361. The first-order valence-electron chi connectivity index (χ1n) is 5.60. The van der Waals surface area contributed by atoms with Crippen LogP contribution in [0.2, 0.25) is 0 Å². The van der Waals surface area contributed by atoms with Gasteiger partial charge in [0, 0.05) is 11.8 Å². The van der Waals surface area contributed by atoms with Crippen LogP contribution in [0.1, 0.15) is 44.7 Å². The minimum atomic E-state index is 0.122. The molecule has 2 nitrogen and oxygen atoms in total. The Morgan fingerprint density at radius 1 is 1.27 bits per heavy atom. The number of aromatic nitrogens is 1. The molecule has 0 spiro atoms. The predicted molar refractivity (Wildman–Crippen MR) is 61.3 cm³/mol. The van der Waals surface area contributed by atoms with Gasteiger partial charge in [0.05, 0.1) is 12.3 Å². The second kappa shape index (κ2) is 3.51. The highest BCUT2D eigenvalue weighted by Crippen LogP contribution is 2.36. The maximum atomic E-state index is 5.90. The van der Waals surface area contributed by atoms with Crippen molar-refractivity contribution in [2.45, 2.75) is 52.1 Å². The molecule has 0 saturated heterocycles. The highest BCUT2D eigenvalue weighted by Gasteiger charge is 2.28. The fraction of sp³-hybridized carbons (Fsp3) is 0.615. The van der Waals surface area contributed by atoms with Crippen LogP contribution in [0.3, 0.4) is 0 Å². The van der Waals surface area contributed by atoms with Gasteiger partial charge < -0.3 is 4.74 Å². The van der Waals surface area contributed by atoms with Gasteiger partial charge in [-0.25, -0.2) is 0 Å². The van der Waals surface area contributed by atoms with Gasteiger partial charge in [-0.3, -0.25) is 4.98 Å². The molecule has 1 aromatic rings. The summed E-state index contributed by atoms with van der Waals surface area (Å²) in [5.41, 5.74) is 2.64. The van der Waals surface area contributed by atoms with Gasteiger partial charge in [-0.05, 0) is 30.7 Å². The SMILES string of the molecule is Cc1cncc(OC2CC2)c1C(C)(C)C. The van der Waals surface area contributed by atoms with Crippen LogP contribution in [0, 0.1) is 6.92 Å². The van der Waals surface area contributed by atoms with E-state index in [4.69, 9.17) is 4.74 Å². The summed E-state index contributed by atoms with van der Waals surface area (Å²) >= 11 is 0. The van der Waals surface area contributed by atoms with Crippen LogP contribution in [0.25, 0.3) is 0 Å². The molecule has 0 amide bonds. The molecule has 15 heavy (non-hydrogen) atoms. The number of aryl methyl sites for hydroxylation is 1. The van der Waals surface area contributed by atoms with Crippen LogP contribution in [0.4, 0.5) is 0 Å². The molecule has 1 heterocycles. The predicted octanol–water partition coefficient (Wildman–Crippen LogP) is 3.23. The Morgan fingerprint density at radius 3 is 2.47 bits per heavy atom. The summed E-state index contributed by atoms with van der Waals surface area (Å²) in [5.74, 6) is 0.977. The lowest BCUT2D eigenvalue weighted by Gasteiger charge is -2.24. The van der Waals surface area contributed by atoms with Crippen molar-refractivity contribution in [1.29, 1.82) is 0 Å². The number of nitrogens with zero attached hydrogens (tertiary/aromatic N) is 1. The summed E-state index contributed by atoms with van der Waals surface area (Å²) in [4.78, 5) is 4.21. The summed E-state index contributed by atoms with van der Waals surface area (Å²) in [5, 5.41) is 0. The fourth-order valence-electron chi connectivity index (χ4n) is 1.96. The van der Waals surface area contributed by atoms with Gasteiger partial charge in [-0.2, -0.15) is 0 Å². The highest BCUT2D eigenvalue weighted by atomic mass is 16.5. The molecule has 0 unspecified atom stereocenters. The van der Waals surface area contributed by atoms with Crippen LogP contribution in [0.5, 0.6) is 5.75 Å². The maximum absolute atomic E-state index is 5.90. The van der Waals surface area contributed by atoms with E-state index in [9.17, 15) is 0 Å². The van der Waals surface area contributed by atoms with E-state index < -0.39 is 0 Å². The third-order valence-corrected chi connectivity index (χ3v) is 2.67. The molecule has 0 radical (unpaired) electrons. The molecule has 0 bridgehead atoms. The monoisotopic (exact) mass is 205 g/mol. The van der Waals surface area contributed by atoms with E-state index in [1.165, 1.54) is 24.0 Å². The molecule has 1 aromatic heterocycles. The van der Waals surface area contributed by atoms with Gasteiger partial charge >= 0.3 is 0 Å². The van der Waals surface area contributed by atoms with Crippen molar-refractivity contribution in [3.05, 3.63) is 23.5 Å². The van der Waals surface area contributed by atoms with Gasteiger partial charge in [0.2, 0.25) is 0 Å². The zero-order valence-corrected chi connectivity index (χ0v) is 10.0. The van der Waals surface area contributed by atoms with Gasteiger partial charge in [0.15, 0.2) is 0 Å². The Hall–Kier alpha value is -1.05. The van der Waals surface area contributed by atoms with Crippen molar-refractivity contribution < 1.29 is 4.74 Å². The smallest absolute Gasteiger partial charge is 0.141 e. The summed E-state index contributed by atoms with van der Waals surface area (Å²) in [7, 11) is 0. The number of rotatable bonds is 2. The topological polar surface area (TPSA) is 22.1 Å². The third kappa shape index (κ3) is 2.31. The zero-order valence-electron chi connectivity index (χ0n) is 10.0. The number of pyridine rings is 1. The normalized spacial score (nSPS) is 16.5. The second-order valence-electron chi connectivity index (χ2n) is 5.40. The minimum absolute atomic E-state index is 0.122. The van der Waals surface area contributed by atoms with Gasteiger partial charge in [0.25, 0.3) is 0 Å². The van der Waals surface area contributed by atoms with Crippen molar-refractivity contribution in [3.63, 3.8) is 0 Å². The molecule has 1 saturated carbocycles. The van der Waals surface area contributed by atoms with Gasteiger partial charge in [-0.1, -0.05) is 20.8 Å². The molecule has 0 aliphatic heterocycles. The molecule has 82 valence electrons. The van der Waals surface area contributed by atoms with E-state index in [2.05, 4.69) is 32.7 Å². The van der Waals surface area contributed by atoms with Crippen LogP contribution >= 0.6 is 0 Å². The largest absolute Gasteiger partial charge is 0.488 e. The zero-order chi connectivity index (χ0) is 11.1. The molecular formula is C13H19NO. The molecule has 2 heteroatoms. The summed E-state index contributed by atoms with van der Waals surface area (Å²) in [6, 6.07) is 0. The Kier molecular flexibility index (Phi) is 2.45. The van der Waals surface area contributed by atoms with Crippen molar-refractivity contribution >= 4 is 0 Å². The van der Waals surface area contributed by atoms with Crippen molar-refractivity contribution in [1.82, 2.24) is 4.98 Å². The van der Waals surface area contributed by atoms with Crippen molar-refractivity contribution in [3.8, 4) is 5.75 Å². The van der Waals surface area contributed by atoms with E-state index >= 15 is 0 Å². The lowest BCUT2D eigenvalue weighted by atomic mass is 9.84. The first kappa shape index (κ1) is 10.5. The number of hydrogen-bond acceptors (Lipinski definition) is 2. The van der Waals surface area contributed by atoms with E-state index in [1.807, 2.05) is 12.4 Å². The quantitative estimate of drug-likeness (QED) is 0.739. The first-order valence-corrected chi connectivity index (χ1v) is 5.60. The first-order chi connectivity index (χ1) is 6.98. The lowest BCUT2D eigenvalue weighted by Crippen LogP contribution is -2.16. The molecule has 1 aliphatic rings. The highest BCUT2D eigenvalue weighted by molar-refractivity contribution is 5.41. The van der Waals surface area contributed by atoms with Crippen LogP contribution in [0.15, 0.2) is 12.4 Å². The molecule has 0 atom stereocenters. The van der Waals surface area contributed by atoms with Crippen molar-refractivity contribution in [2.24, 2.45) is 0 Å². The van der Waals surface area contributed by atoms with E-state index in [1.54, 1.807) is 0 Å². The third-order valence-electron chi connectivity index (χ3n) is 2.67. The summed E-state index contributed by atoms with van der Waals surface area (Å²) < 4.78 is 5.90. The van der Waals surface area contributed by atoms with Crippen LogP contribution in [-0.2, 0) is 5.41 Å². The van der Waals surface area contributed by atoms with Gasteiger partial charge in [0.1, 0.15) is 5.75 Å². The second-order valence-corrected chi connectivity index (χ2v) is 5.40. The standard InChI is InChI=1S/C13H19NO/c1-9-7-14-8-11(15-10-5-6-10)12(9)13(2,3)4/h7-8,10H,5-6H2,1-4H3. The fourth-order valence-corrected chi connectivity index (χ4v) is 1.96. The van der Waals surface area contributed by atoms with Crippen LogP contribution < -0.4 is 4.74 Å². The number of hydrogen-bond donors (Lipinski definition) is 0. The average molecular weight is 205 g/mol. The van der Waals surface area contributed by atoms with E-state index in [-0.39, 0.29) is 5.41 Å². The molecule has 0 N–H and O–H groups in total. The minimum Gasteiger partial charge on any atom is -0.488 e. The Morgan fingerprint density at radius 2 is 1.93 bits per heavy atom. The summed E-state index contributed by atoms with van der Waals surface area (Å²) in [6.45, 7) is 8.76. The lowest BCUT2D eigenvalue weighted by molar-refractivity contribution is 0.293. The van der Waals surface area contributed by atoms with Crippen LogP contribution in [-0.4, -0.2) is 11.1 Å². The van der Waals surface area contributed by atoms with Gasteiger partial charge in [-0.15, -0.1) is 0 Å². The average Bonchev–Trinajstić information content (AvgIpc) is 2.85. The summed E-state index contributed by atoms with van der Waals surface area (Å²) in [6.07, 6.45) is 6.59. The Labute approximate surface area is 91.7 Å². The molecule has 1 aliphatic carbocycles. The van der Waals surface area contributed by atoms with E-state index in [0.717, 1.165) is 5.75 Å². The van der Waals surface area contributed by atoms with Crippen molar-refractivity contribution in [2.75, 3.05) is 0 Å². The molecule has 0 aromatic carbocycles. The number of ether oxygens (including phenoxy) is 1. The maximum Gasteiger partial charge on any atom is 0.141 e. The Balaban J connectivity index is 2.38. The van der Waals surface area contributed by atoms with E-state index in [0.29, 0.717) is 6.10 Å². The molecule has 1 fully saturated rings.